The predicted octanol–water partition coefficient (Wildman–Crippen LogP) is 4.58. The number of nitrogens with zero attached hydrogens (tertiary/aromatic N) is 3. The van der Waals surface area contributed by atoms with Gasteiger partial charge >= 0.3 is 0 Å². The number of piperazine rings is 1. The van der Waals surface area contributed by atoms with Gasteiger partial charge < -0.3 is 9.80 Å². The molecule has 0 saturated carbocycles. The highest BCUT2D eigenvalue weighted by Gasteiger charge is 2.15. The van der Waals surface area contributed by atoms with E-state index >= 15 is 0 Å². The highest BCUT2D eigenvalue weighted by atomic mass is 35.5. The first-order chi connectivity index (χ1) is 13.0. The monoisotopic (exact) mass is 405 g/mol. The van der Waals surface area contributed by atoms with Crippen LogP contribution in [0.3, 0.4) is 0 Å². The summed E-state index contributed by atoms with van der Waals surface area (Å²) in [6.07, 6.45) is 1.84. The van der Waals surface area contributed by atoms with E-state index in [1.165, 1.54) is 0 Å². The largest absolute Gasteiger partial charge is 0.304 e. The highest BCUT2D eigenvalue weighted by Crippen LogP contribution is 2.33. The molecule has 0 aromatic heterocycles. The third-order valence-electron chi connectivity index (χ3n) is 4.81. The molecule has 2 aromatic rings. The summed E-state index contributed by atoms with van der Waals surface area (Å²) in [5.41, 5.74) is 1.20. The van der Waals surface area contributed by atoms with Crippen molar-refractivity contribution in [2.45, 2.75) is 22.6 Å². The van der Waals surface area contributed by atoms with Gasteiger partial charge in [-0.15, -0.1) is 0 Å². The van der Waals surface area contributed by atoms with Crippen LogP contribution in [0.5, 0.6) is 0 Å². The number of nitro benzene ring substituents is 1. The van der Waals surface area contributed by atoms with Gasteiger partial charge in [0.15, 0.2) is 0 Å². The maximum absolute atomic E-state index is 11.2. The Hall–Kier alpha value is -1.60. The van der Waals surface area contributed by atoms with Crippen LogP contribution in [0.1, 0.15) is 12.0 Å². The van der Waals surface area contributed by atoms with Crippen LogP contribution in [0.4, 0.5) is 5.69 Å². The number of hydrogen-bond acceptors (Lipinski definition) is 5. The van der Waals surface area contributed by atoms with Crippen LogP contribution in [-0.2, 0) is 6.42 Å². The predicted molar refractivity (Wildman–Crippen MR) is 111 cm³/mol. The van der Waals surface area contributed by atoms with Gasteiger partial charge in [-0.1, -0.05) is 23.4 Å². The van der Waals surface area contributed by atoms with Gasteiger partial charge in [-0.05, 0) is 62.3 Å². The lowest BCUT2D eigenvalue weighted by Gasteiger charge is -2.32. The Morgan fingerprint density at radius 2 is 1.81 bits per heavy atom. The first-order valence-electron chi connectivity index (χ1n) is 9.13. The minimum Gasteiger partial charge on any atom is -0.304 e. The molecular formula is C20H24ClN3O2S. The van der Waals surface area contributed by atoms with E-state index < -0.39 is 0 Å². The van der Waals surface area contributed by atoms with E-state index in [1.807, 2.05) is 30.3 Å². The Bertz CT molecular complexity index is 777. The van der Waals surface area contributed by atoms with Crippen LogP contribution in [0, 0.1) is 10.1 Å². The van der Waals surface area contributed by atoms with E-state index in [2.05, 4.69) is 16.8 Å². The van der Waals surface area contributed by atoms with Gasteiger partial charge in [-0.3, -0.25) is 10.1 Å². The Labute approximate surface area is 169 Å². The maximum atomic E-state index is 11.2. The minimum atomic E-state index is -0.319. The van der Waals surface area contributed by atoms with Crippen LogP contribution >= 0.6 is 23.4 Å². The summed E-state index contributed by atoms with van der Waals surface area (Å²) in [5, 5.41) is 11.9. The summed E-state index contributed by atoms with van der Waals surface area (Å²) in [4.78, 5) is 17.8. The van der Waals surface area contributed by atoms with Crippen LogP contribution in [0.25, 0.3) is 0 Å². The summed E-state index contributed by atoms with van der Waals surface area (Å²) in [6, 6.07) is 12.8. The molecule has 1 saturated heterocycles. The lowest BCUT2D eigenvalue weighted by atomic mass is 10.1. The molecule has 1 heterocycles. The van der Waals surface area contributed by atoms with E-state index in [4.69, 9.17) is 11.6 Å². The topological polar surface area (TPSA) is 49.6 Å². The van der Waals surface area contributed by atoms with Crippen molar-refractivity contribution in [1.29, 1.82) is 0 Å². The van der Waals surface area contributed by atoms with Crippen LogP contribution in [-0.4, -0.2) is 54.5 Å². The van der Waals surface area contributed by atoms with Crippen LogP contribution in [0.15, 0.2) is 52.3 Å². The molecule has 7 heteroatoms. The number of benzene rings is 2. The maximum Gasteiger partial charge on any atom is 0.269 e. The van der Waals surface area contributed by atoms with Crippen LogP contribution < -0.4 is 0 Å². The lowest BCUT2D eigenvalue weighted by molar-refractivity contribution is -0.385. The van der Waals surface area contributed by atoms with Crippen molar-refractivity contribution in [3.05, 3.63) is 63.2 Å². The van der Waals surface area contributed by atoms with Gasteiger partial charge in [0.05, 0.1) is 4.92 Å². The third-order valence-corrected chi connectivity index (χ3v) is 6.19. The van der Waals surface area contributed by atoms with Crippen molar-refractivity contribution in [2.75, 3.05) is 39.8 Å². The van der Waals surface area contributed by atoms with Crippen molar-refractivity contribution in [3.63, 3.8) is 0 Å². The molecule has 0 atom stereocenters. The fourth-order valence-corrected chi connectivity index (χ4v) is 4.25. The Morgan fingerprint density at radius 3 is 2.48 bits per heavy atom. The van der Waals surface area contributed by atoms with E-state index in [9.17, 15) is 10.1 Å². The molecule has 1 fully saturated rings. The van der Waals surface area contributed by atoms with Gasteiger partial charge in [0.2, 0.25) is 0 Å². The second-order valence-corrected chi connectivity index (χ2v) is 8.41. The molecule has 27 heavy (non-hydrogen) atoms. The minimum absolute atomic E-state index is 0.157. The van der Waals surface area contributed by atoms with Crippen molar-refractivity contribution < 1.29 is 4.92 Å². The average Bonchev–Trinajstić information content (AvgIpc) is 2.66. The second kappa shape index (κ2) is 9.55. The Morgan fingerprint density at radius 1 is 1.11 bits per heavy atom. The average molecular weight is 406 g/mol. The number of aryl methyl sites for hydroxylation is 1. The Kier molecular flexibility index (Phi) is 7.13. The lowest BCUT2D eigenvalue weighted by Crippen LogP contribution is -2.44. The van der Waals surface area contributed by atoms with Gasteiger partial charge in [0.25, 0.3) is 5.69 Å². The zero-order chi connectivity index (χ0) is 19.2. The summed E-state index contributed by atoms with van der Waals surface area (Å²) in [6.45, 7) is 5.43. The number of non-ortho nitro benzene ring substituents is 1. The molecule has 2 aromatic carbocycles. The first kappa shape index (κ1) is 20.1. The highest BCUT2D eigenvalue weighted by molar-refractivity contribution is 7.99. The van der Waals surface area contributed by atoms with Gasteiger partial charge in [-0.2, -0.15) is 0 Å². The molecule has 1 aliphatic rings. The third kappa shape index (κ3) is 5.94. The summed E-state index contributed by atoms with van der Waals surface area (Å²) in [5.74, 6) is 0. The van der Waals surface area contributed by atoms with Gasteiger partial charge in [-0.25, -0.2) is 0 Å². The number of nitro groups is 1. The molecule has 5 nitrogen and oxygen atoms in total. The summed E-state index contributed by atoms with van der Waals surface area (Å²) >= 11 is 7.59. The molecule has 0 aliphatic carbocycles. The van der Waals surface area contributed by atoms with E-state index in [0.717, 1.165) is 60.9 Å². The molecule has 0 unspecified atom stereocenters. The van der Waals surface area contributed by atoms with Crippen molar-refractivity contribution in [2.24, 2.45) is 0 Å². The van der Waals surface area contributed by atoms with E-state index in [0.29, 0.717) is 5.02 Å². The van der Waals surface area contributed by atoms with Crippen LogP contribution in [0.2, 0.25) is 5.02 Å². The first-order valence-corrected chi connectivity index (χ1v) is 10.3. The molecule has 0 spiro atoms. The number of likely N-dealkylation sites (N-methyl/N-ethyl adjacent to an activating group) is 1. The molecule has 144 valence electrons. The van der Waals surface area contributed by atoms with Gasteiger partial charge in [0.1, 0.15) is 0 Å². The fraction of sp³-hybridized carbons (Fsp3) is 0.400. The molecule has 0 N–H and O–H groups in total. The van der Waals surface area contributed by atoms with Gasteiger partial charge in [0, 0.05) is 53.1 Å². The zero-order valence-electron chi connectivity index (χ0n) is 15.4. The molecule has 3 rings (SSSR count). The molecule has 0 radical (unpaired) electrons. The molecule has 1 aliphatic heterocycles. The number of hydrogen-bond donors (Lipinski definition) is 0. The Balaban J connectivity index is 1.67. The summed E-state index contributed by atoms with van der Waals surface area (Å²) < 4.78 is 0. The fourth-order valence-electron chi connectivity index (χ4n) is 3.17. The SMILES string of the molecule is CN1CCN(CCCc2cc([N+](=O)[O-])ccc2Sc2ccc(Cl)cc2)CC1. The molecular weight excluding hydrogens is 382 g/mol. The molecule has 0 amide bonds. The van der Waals surface area contributed by atoms with Crippen molar-refractivity contribution >= 4 is 29.1 Å². The van der Waals surface area contributed by atoms with Crippen molar-refractivity contribution in [1.82, 2.24) is 9.80 Å². The standard InChI is InChI=1S/C20H24ClN3O2S/c1-22-11-13-23(14-12-22)10-2-3-16-15-18(24(25)26)6-9-20(16)27-19-7-4-17(21)5-8-19/h4-9,15H,2-3,10-14H2,1H3. The van der Waals surface area contributed by atoms with Crippen molar-refractivity contribution in [3.8, 4) is 0 Å². The number of rotatable bonds is 7. The zero-order valence-corrected chi connectivity index (χ0v) is 17.0. The summed E-state index contributed by atoms with van der Waals surface area (Å²) in [7, 11) is 2.15. The molecule has 0 bridgehead atoms. The number of halogens is 1. The normalized spacial score (nSPS) is 15.8. The quantitative estimate of drug-likeness (QED) is 0.498. The van der Waals surface area contributed by atoms with E-state index in [-0.39, 0.29) is 10.6 Å². The van der Waals surface area contributed by atoms with E-state index in [1.54, 1.807) is 23.9 Å². The second-order valence-electron chi connectivity index (χ2n) is 6.85. The smallest absolute Gasteiger partial charge is 0.269 e.